The van der Waals surface area contributed by atoms with Gasteiger partial charge in [-0.2, -0.15) is 0 Å². The van der Waals surface area contributed by atoms with E-state index in [0.29, 0.717) is 24.2 Å². The van der Waals surface area contributed by atoms with Gasteiger partial charge in [0, 0.05) is 26.4 Å². The van der Waals surface area contributed by atoms with Gasteiger partial charge in [0.05, 0.1) is 17.6 Å². The number of hydrogen-bond donors (Lipinski definition) is 2. The summed E-state index contributed by atoms with van der Waals surface area (Å²) in [6.45, 7) is 0.918. The van der Waals surface area contributed by atoms with Crippen molar-refractivity contribution in [2.45, 2.75) is 0 Å². The first-order chi connectivity index (χ1) is 11.1. The second-order valence-electron chi connectivity index (χ2n) is 5.33. The van der Waals surface area contributed by atoms with Crippen LogP contribution in [0, 0.1) is 0 Å². The Balaban J connectivity index is 1.98. The first-order valence-corrected chi connectivity index (χ1v) is 7.83. The number of anilines is 1. The van der Waals surface area contributed by atoms with Crippen LogP contribution in [0.25, 0.3) is 21.8 Å². The van der Waals surface area contributed by atoms with Crippen molar-refractivity contribution in [3.63, 3.8) is 0 Å². The SMILES string of the molecule is NC(=O)c1ccc(Br)c2c1[nH]c1cc(N3CCOC3=O)ccc12. The molecule has 0 bridgehead atoms. The number of nitrogens with one attached hydrogen (secondary N) is 1. The average Bonchev–Trinajstić information content (AvgIpc) is 3.10. The van der Waals surface area contributed by atoms with Gasteiger partial charge >= 0.3 is 6.09 Å². The van der Waals surface area contributed by atoms with E-state index in [-0.39, 0.29) is 6.09 Å². The van der Waals surface area contributed by atoms with Gasteiger partial charge in [0.2, 0.25) is 0 Å². The van der Waals surface area contributed by atoms with Gasteiger partial charge in [0.15, 0.2) is 0 Å². The number of hydrogen-bond acceptors (Lipinski definition) is 3. The lowest BCUT2D eigenvalue weighted by Crippen LogP contribution is -2.23. The molecule has 0 aliphatic carbocycles. The topological polar surface area (TPSA) is 88.4 Å². The summed E-state index contributed by atoms with van der Waals surface area (Å²) in [5, 5.41) is 1.85. The molecule has 1 aromatic heterocycles. The third-order valence-corrected chi connectivity index (χ3v) is 4.69. The number of ether oxygens (including phenoxy) is 1. The molecule has 7 heteroatoms. The number of carbonyl (C=O) groups excluding carboxylic acids is 2. The predicted octanol–water partition coefficient (Wildman–Crippen LogP) is 3.14. The zero-order valence-electron chi connectivity index (χ0n) is 11.9. The fourth-order valence-electron chi connectivity index (χ4n) is 2.96. The minimum atomic E-state index is -0.489. The molecule has 1 fully saturated rings. The van der Waals surface area contributed by atoms with Crippen molar-refractivity contribution in [2.75, 3.05) is 18.1 Å². The lowest BCUT2D eigenvalue weighted by Gasteiger charge is -2.12. The number of rotatable bonds is 2. The average molecular weight is 374 g/mol. The van der Waals surface area contributed by atoms with E-state index in [1.807, 2.05) is 18.2 Å². The van der Waals surface area contributed by atoms with Gasteiger partial charge in [-0.25, -0.2) is 4.79 Å². The van der Waals surface area contributed by atoms with Gasteiger partial charge < -0.3 is 15.5 Å². The van der Waals surface area contributed by atoms with Crippen LogP contribution in [-0.4, -0.2) is 30.1 Å². The number of H-pyrrole nitrogens is 1. The number of aromatic nitrogens is 1. The summed E-state index contributed by atoms with van der Waals surface area (Å²) in [7, 11) is 0. The number of fused-ring (bicyclic) bond motifs is 3. The molecule has 0 radical (unpaired) electrons. The van der Waals surface area contributed by atoms with Crippen molar-refractivity contribution in [3.05, 3.63) is 40.4 Å². The van der Waals surface area contributed by atoms with Crippen LogP contribution in [0.2, 0.25) is 0 Å². The molecular weight excluding hydrogens is 362 g/mol. The second kappa shape index (κ2) is 4.99. The summed E-state index contributed by atoms with van der Waals surface area (Å²) in [6, 6.07) is 9.15. The Labute approximate surface area is 139 Å². The minimum absolute atomic E-state index is 0.348. The molecule has 0 saturated carbocycles. The molecule has 116 valence electrons. The van der Waals surface area contributed by atoms with Crippen molar-refractivity contribution in [1.29, 1.82) is 0 Å². The molecule has 0 atom stereocenters. The highest BCUT2D eigenvalue weighted by Gasteiger charge is 2.24. The van der Waals surface area contributed by atoms with Crippen LogP contribution in [0.5, 0.6) is 0 Å². The van der Waals surface area contributed by atoms with Crippen LogP contribution in [-0.2, 0) is 4.74 Å². The van der Waals surface area contributed by atoms with E-state index >= 15 is 0 Å². The van der Waals surface area contributed by atoms with Crippen LogP contribution in [0.4, 0.5) is 10.5 Å². The van der Waals surface area contributed by atoms with E-state index in [9.17, 15) is 9.59 Å². The lowest BCUT2D eigenvalue weighted by molar-refractivity contribution is 0.100. The largest absolute Gasteiger partial charge is 0.447 e. The molecule has 3 N–H and O–H groups in total. The highest BCUT2D eigenvalue weighted by molar-refractivity contribution is 9.10. The molecule has 23 heavy (non-hydrogen) atoms. The molecule has 3 aromatic rings. The monoisotopic (exact) mass is 373 g/mol. The minimum Gasteiger partial charge on any atom is -0.447 e. The van der Waals surface area contributed by atoms with Crippen molar-refractivity contribution in [3.8, 4) is 0 Å². The number of nitrogens with two attached hydrogens (primary N) is 1. The number of aromatic amines is 1. The van der Waals surface area contributed by atoms with E-state index in [1.165, 1.54) is 0 Å². The second-order valence-corrected chi connectivity index (χ2v) is 6.18. The van der Waals surface area contributed by atoms with Gasteiger partial charge in [-0.05, 0) is 24.3 Å². The summed E-state index contributed by atoms with van der Waals surface area (Å²) in [4.78, 5) is 28.2. The smallest absolute Gasteiger partial charge is 0.414 e. The molecule has 4 rings (SSSR count). The van der Waals surface area contributed by atoms with Gasteiger partial charge in [-0.1, -0.05) is 22.0 Å². The molecule has 1 saturated heterocycles. The third kappa shape index (κ3) is 2.08. The van der Waals surface area contributed by atoms with E-state index < -0.39 is 5.91 Å². The van der Waals surface area contributed by atoms with Crippen LogP contribution < -0.4 is 10.6 Å². The highest BCUT2D eigenvalue weighted by atomic mass is 79.9. The Hall–Kier alpha value is -2.54. The fraction of sp³-hybridized carbons (Fsp3) is 0.125. The fourth-order valence-corrected chi connectivity index (χ4v) is 3.50. The standard InChI is InChI=1S/C16H12BrN3O3/c17-11-4-3-10(15(18)21)14-13(11)9-2-1-8(7-12(9)19-14)20-5-6-23-16(20)22/h1-4,7,19H,5-6H2,(H2,18,21). The van der Waals surface area contributed by atoms with Gasteiger partial charge in [-0.3, -0.25) is 9.69 Å². The van der Waals surface area contributed by atoms with Crippen molar-refractivity contribution < 1.29 is 14.3 Å². The van der Waals surface area contributed by atoms with Crippen molar-refractivity contribution >= 4 is 55.4 Å². The molecule has 1 aliphatic rings. The van der Waals surface area contributed by atoms with E-state index in [2.05, 4.69) is 20.9 Å². The maximum absolute atomic E-state index is 11.7. The molecular formula is C16H12BrN3O3. The van der Waals surface area contributed by atoms with E-state index in [4.69, 9.17) is 10.5 Å². The number of amides is 2. The van der Waals surface area contributed by atoms with Gasteiger partial charge in [0.1, 0.15) is 6.61 Å². The molecule has 2 amide bonds. The summed E-state index contributed by atoms with van der Waals surface area (Å²) >= 11 is 3.52. The summed E-state index contributed by atoms with van der Waals surface area (Å²) in [5.74, 6) is -0.489. The zero-order chi connectivity index (χ0) is 16.1. The molecule has 0 unspecified atom stereocenters. The van der Waals surface area contributed by atoms with E-state index in [1.54, 1.807) is 17.0 Å². The molecule has 0 spiro atoms. The van der Waals surface area contributed by atoms with Crippen LogP contribution in [0.15, 0.2) is 34.8 Å². The Morgan fingerprint density at radius 1 is 1.30 bits per heavy atom. The van der Waals surface area contributed by atoms with Crippen LogP contribution in [0.1, 0.15) is 10.4 Å². The van der Waals surface area contributed by atoms with Gasteiger partial charge in [-0.15, -0.1) is 0 Å². The quantitative estimate of drug-likeness (QED) is 0.722. The highest BCUT2D eigenvalue weighted by Crippen LogP contribution is 2.35. The van der Waals surface area contributed by atoms with Crippen molar-refractivity contribution in [1.82, 2.24) is 4.98 Å². The zero-order valence-corrected chi connectivity index (χ0v) is 13.5. The number of carbonyl (C=O) groups is 2. The molecule has 6 nitrogen and oxygen atoms in total. The van der Waals surface area contributed by atoms with E-state index in [0.717, 1.165) is 26.4 Å². The maximum Gasteiger partial charge on any atom is 0.414 e. The Morgan fingerprint density at radius 3 is 2.83 bits per heavy atom. The number of nitrogens with zero attached hydrogens (tertiary/aromatic N) is 1. The normalized spacial score (nSPS) is 14.7. The third-order valence-electron chi connectivity index (χ3n) is 4.02. The first kappa shape index (κ1) is 14.1. The summed E-state index contributed by atoms with van der Waals surface area (Å²) in [5.41, 5.74) is 8.15. The maximum atomic E-state index is 11.7. The first-order valence-electron chi connectivity index (χ1n) is 7.04. The van der Waals surface area contributed by atoms with Gasteiger partial charge in [0.25, 0.3) is 5.91 Å². The number of primary amides is 1. The van der Waals surface area contributed by atoms with Crippen LogP contribution >= 0.6 is 15.9 Å². The molecule has 2 aromatic carbocycles. The lowest BCUT2D eigenvalue weighted by atomic mass is 10.1. The summed E-state index contributed by atoms with van der Waals surface area (Å²) in [6.07, 6.45) is -0.348. The Bertz CT molecular complexity index is 980. The Kier molecular flexibility index (Phi) is 3.05. The van der Waals surface area contributed by atoms with Crippen LogP contribution in [0.3, 0.4) is 0 Å². The Morgan fingerprint density at radius 2 is 2.13 bits per heavy atom. The summed E-state index contributed by atoms with van der Waals surface area (Å²) < 4.78 is 5.84. The molecule has 2 heterocycles. The number of halogens is 1. The molecule has 1 aliphatic heterocycles. The predicted molar refractivity (Wildman–Crippen MR) is 90.7 cm³/mol. The number of benzene rings is 2. The number of cyclic esters (lactones) is 1. The van der Waals surface area contributed by atoms with Crippen molar-refractivity contribution in [2.24, 2.45) is 5.73 Å².